The fourth-order valence-corrected chi connectivity index (χ4v) is 3.11. The molecule has 0 bridgehead atoms. The molecule has 0 spiro atoms. The first-order valence-electron chi connectivity index (χ1n) is 7.73. The Balaban J connectivity index is 1.56. The Morgan fingerprint density at radius 1 is 1.15 bits per heavy atom. The second-order valence-electron chi connectivity index (χ2n) is 6.06. The van der Waals surface area contributed by atoms with Gasteiger partial charge in [-0.3, -0.25) is 0 Å². The van der Waals surface area contributed by atoms with E-state index in [-0.39, 0.29) is 6.10 Å². The lowest BCUT2D eigenvalue weighted by atomic mass is 9.92. The van der Waals surface area contributed by atoms with Crippen molar-refractivity contribution in [2.24, 2.45) is 5.92 Å². The predicted molar refractivity (Wildman–Crippen MR) is 78.7 cm³/mol. The topological polar surface area (TPSA) is 34.4 Å². The molecule has 106 valence electrons. The molecule has 2 atom stereocenters. The highest BCUT2D eigenvalue weighted by Gasteiger charge is 2.31. The van der Waals surface area contributed by atoms with Crippen molar-refractivity contribution >= 4 is 11.0 Å². The van der Waals surface area contributed by atoms with E-state index in [4.69, 9.17) is 9.15 Å². The highest BCUT2D eigenvalue weighted by atomic mass is 16.5. The maximum absolute atomic E-state index is 6.03. The quantitative estimate of drug-likeness (QED) is 0.921. The zero-order valence-corrected chi connectivity index (χ0v) is 11.7. The number of nitrogens with one attached hydrogen (secondary N) is 1. The van der Waals surface area contributed by atoms with Gasteiger partial charge in [0.25, 0.3) is 0 Å². The van der Waals surface area contributed by atoms with Gasteiger partial charge in [0.15, 0.2) is 0 Å². The van der Waals surface area contributed by atoms with Crippen molar-refractivity contribution in [3.05, 3.63) is 36.1 Å². The maximum Gasteiger partial charge on any atom is 0.134 e. The first-order chi connectivity index (χ1) is 9.90. The summed E-state index contributed by atoms with van der Waals surface area (Å²) in [5.41, 5.74) is 0.963. The zero-order chi connectivity index (χ0) is 13.4. The lowest BCUT2D eigenvalue weighted by Crippen LogP contribution is -2.32. The van der Waals surface area contributed by atoms with Crippen LogP contribution in [0.5, 0.6) is 0 Å². The summed E-state index contributed by atoms with van der Waals surface area (Å²) in [4.78, 5) is 0. The third kappa shape index (κ3) is 2.48. The minimum atomic E-state index is 0.113. The van der Waals surface area contributed by atoms with Crippen molar-refractivity contribution in [2.45, 2.75) is 37.8 Å². The largest absolute Gasteiger partial charge is 0.458 e. The molecule has 1 aliphatic carbocycles. The molecule has 0 radical (unpaired) electrons. The van der Waals surface area contributed by atoms with Gasteiger partial charge in [-0.25, -0.2) is 0 Å². The number of fused-ring (bicyclic) bond motifs is 1. The Bertz CT molecular complexity index is 554. The van der Waals surface area contributed by atoms with Crippen LogP contribution < -0.4 is 5.32 Å². The summed E-state index contributed by atoms with van der Waals surface area (Å²) in [6.07, 6.45) is 5.17. The monoisotopic (exact) mass is 271 g/mol. The average molecular weight is 271 g/mol. The van der Waals surface area contributed by atoms with Gasteiger partial charge in [0.2, 0.25) is 0 Å². The van der Waals surface area contributed by atoms with Gasteiger partial charge in [0, 0.05) is 30.5 Å². The van der Waals surface area contributed by atoms with E-state index in [1.54, 1.807) is 0 Å². The molecule has 3 heteroatoms. The minimum Gasteiger partial charge on any atom is -0.458 e. The van der Waals surface area contributed by atoms with Crippen LogP contribution in [0.25, 0.3) is 11.0 Å². The first-order valence-corrected chi connectivity index (χ1v) is 7.73. The van der Waals surface area contributed by atoms with Gasteiger partial charge in [-0.05, 0) is 37.8 Å². The molecule has 0 amide bonds. The highest BCUT2D eigenvalue weighted by Crippen LogP contribution is 2.36. The third-order valence-electron chi connectivity index (χ3n) is 4.42. The molecule has 2 fully saturated rings. The van der Waals surface area contributed by atoms with E-state index in [1.807, 2.05) is 12.1 Å². The normalized spacial score (nSPS) is 27.0. The second-order valence-corrected chi connectivity index (χ2v) is 6.06. The predicted octanol–water partition coefficient (Wildman–Crippen LogP) is 3.65. The number of hydrogen-bond acceptors (Lipinski definition) is 3. The van der Waals surface area contributed by atoms with Gasteiger partial charge < -0.3 is 14.5 Å². The van der Waals surface area contributed by atoms with Crippen molar-refractivity contribution in [2.75, 3.05) is 13.2 Å². The lowest BCUT2D eigenvalue weighted by molar-refractivity contribution is -0.0389. The summed E-state index contributed by atoms with van der Waals surface area (Å²) in [6.45, 7) is 1.90. The summed E-state index contributed by atoms with van der Waals surface area (Å²) in [7, 11) is 0. The van der Waals surface area contributed by atoms with Gasteiger partial charge in [-0.15, -0.1) is 0 Å². The standard InChI is InChI=1S/C17H21NO2/c1-2-6-15-12(4-1)10-16(20-15)17-13(5-3-9-19-17)11-18-14-7-8-14/h1-2,4,6,10,13-14,17-18H,3,5,7-9,11H2. The second kappa shape index (κ2) is 5.23. The van der Waals surface area contributed by atoms with Gasteiger partial charge in [-0.2, -0.15) is 0 Å². The van der Waals surface area contributed by atoms with Crippen LogP contribution in [0.3, 0.4) is 0 Å². The molecular weight excluding hydrogens is 250 g/mol. The molecule has 4 rings (SSSR count). The first kappa shape index (κ1) is 12.4. The van der Waals surface area contributed by atoms with Crippen molar-refractivity contribution in [1.82, 2.24) is 5.32 Å². The molecular formula is C17H21NO2. The molecule has 20 heavy (non-hydrogen) atoms. The van der Waals surface area contributed by atoms with Gasteiger partial charge >= 0.3 is 0 Å². The molecule has 2 unspecified atom stereocenters. The molecule has 1 N–H and O–H groups in total. The van der Waals surface area contributed by atoms with E-state index in [1.165, 1.54) is 24.6 Å². The molecule has 1 saturated carbocycles. The van der Waals surface area contributed by atoms with Crippen LogP contribution in [0.2, 0.25) is 0 Å². The fraction of sp³-hybridized carbons (Fsp3) is 0.529. The smallest absolute Gasteiger partial charge is 0.134 e. The molecule has 2 aromatic rings. The van der Waals surface area contributed by atoms with Crippen LogP contribution in [0.1, 0.15) is 37.5 Å². The number of benzene rings is 1. The summed E-state index contributed by atoms with van der Waals surface area (Å²) in [5, 5.41) is 4.81. The molecule has 1 saturated heterocycles. The summed E-state index contributed by atoms with van der Waals surface area (Å²) >= 11 is 0. The lowest BCUT2D eigenvalue weighted by Gasteiger charge is -2.30. The van der Waals surface area contributed by atoms with Crippen molar-refractivity contribution in [3.8, 4) is 0 Å². The Morgan fingerprint density at radius 2 is 2.05 bits per heavy atom. The van der Waals surface area contributed by atoms with E-state index >= 15 is 0 Å². The Labute approximate surface area is 119 Å². The van der Waals surface area contributed by atoms with Crippen LogP contribution in [0, 0.1) is 5.92 Å². The van der Waals surface area contributed by atoms with Gasteiger partial charge in [0.05, 0.1) is 0 Å². The Morgan fingerprint density at radius 3 is 2.90 bits per heavy atom. The fourth-order valence-electron chi connectivity index (χ4n) is 3.11. The molecule has 1 aliphatic heterocycles. The van der Waals surface area contributed by atoms with Crippen LogP contribution in [-0.2, 0) is 4.74 Å². The molecule has 1 aromatic carbocycles. The van der Waals surface area contributed by atoms with Crippen LogP contribution >= 0.6 is 0 Å². The molecule has 2 heterocycles. The number of ether oxygens (including phenoxy) is 1. The SMILES string of the molecule is c1ccc2oc(C3OCCCC3CNC3CC3)cc2c1. The maximum atomic E-state index is 6.03. The van der Waals surface area contributed by atoms with Crippen LogP contribution in [-0.4, -0.2) is 19.2 Å². The van der Waals surface area contributed by atoms with E-state index in [9.17, 15) is 0 Å². The average Bonchev–Trinajstić information content (AvgIpc) is 3.22. The van der Waals surface area contributed by atoms with E-state index in [2.05, 4.69) is 23.5 Å². The zero-order valence-electron chi connectivity index (χ0n) is 11.7. The van der Waals surface area contributed by atoms with Crippen molar-refractivity contribution in [1.29, 1.82) is 0 Å². The number of rotatable bonds is 4. The number of para-hydroxylation sites is 1. The van der Waals surface area contributed by atoms with E-state index in [0.717, 1.165) is 37.0 Å². The number of furan rings is 1. The van der Waals surface area contributed by atoms with Crippen molar-refractivity contribution in [3.63, 3.8) is 0 Å². The third-order valence-corrected chi connectivity index (χ3v) is 4.42. The molecule has 1 aromatic heterocycles. The summed E-state index contributed by atoms with van der Waals surface area (Å²) < 4.78 is 12.0. The van der Waals surface area contributed by atoms with Gasteiger partial charge in [0.1, 0.15) is 17.4 Å². The van der Waals surface area contributed by atoms with E-state index < -0.39 is 0 Å². The van der Waals surface area contributed by atoms with Gasteiger partial charge in [-0.1, -0.05) is 18.2 Å². The summed E-state index contributed by atoms with van der Waals surface area (Å²) in [6, 6.07) is 11.1. The van der Waals surface area contributed by atoms with Crippen LogP contribution in [0.15, 0.2) is 34.7 Å². The van der Waals surface area contributed by atoms with Crippen molar-refractivity contribution < 1.29 is 9.15 Å². The highest BCUT2D eigenvalue weighted by molar-refractivity contribution is 5.77. The molecule has 3 nitrogen and oxygen atoms in total. The Hall–Kier alpha value is -1.32. The van der Waals surface area contributed by atoms with E-state index in [0.29, 0.717) is 5.92 Å². The minimum absolute atomic E-state index is 0.113. The Kier molecular flexibility index (Phi) is 3.25. The number of hydrogen-bond donors (Lipinski definition) is 1. The molecule has 2 aliphatic rings. The summed E-state index contributed by atoms with van der Waals surface area (Å²) in [5.74, 6) is 1.53. The van der Waals surface area contributed by atoms with Crippen LogP contribution in [0.4, 0.5) is 0 Å².